The van der Waals surface area contributed by atoms with Gasteiger partial charge in [-0.15, -0.1) is 0 Å². The van der Waals surface area contributed by atoms with Gasteiger partial charge in [0.05, 0.1) is 16.3 Å². The van der Waals surface area contributed by atoms with E-state index in [1.165, 1.54) is 0 Å². The van der Waals surface area contributed by atoms with E-state index in [1.54, 1.807) is 0 Å². The second-order valence-electron chi connectivity index (χ2n) is 4.84. The van der Waals surface area contributed by atoms with Crippen LogP contribution in [-0.4, -0.2) is 44.3 Å². The van der Waals surface area contributed by atoms with Gasteiger partial charge < -0.3 is 0 Å². The molecule has 12 heteroatoms. The summed E-state index contributed by atoms with van der Waals surface area (Å²) in [5.74, 6) is 0. The fourth-order valence-corrected chi connectivity index (χ4v) is 2.71. The molecule has 0 aliphatic heterocycles. The Morgan fingerprint density at radius 1 is 0.917 bits per heavy atom. The molecule has 2 aromatic heterocycles. The van der Waals surface area contributed by atoms with Gasteiger partial charge in [-0.25, -0.2) is 26.8 Å². The lowest BCUT2D eigenvalue weighted by Crippen LogP contribution is -2.14. The smallest absolute Gasteiger partial charge is 0.253 e. The number of pyridine rings is 1. The standard InChI is InChI=1S/C12H10F3N3O4S2/c1-23(19,20)7-3-4-8(16-6-7)9-5-10(12(13,14)15)18-11(17-9)24(2,21)22/h3-6H,1-2H3. The maximum Gasteiger partial charge on any atom is 0.433 e. The van der Waals surface area contributed by atoms with Gasteiger partial charge in [0.15, 0.2) is 9.84 Å². The van der Waals surface area contributed by atoms with Crippen molar-refractivity contribution in [3.8, 4) is 11.4 Å². The van der Waals surface area contributed by atoms with Gasteiger partial charge in [0.25, 0.3) is 0 Å². The van der Waals surface area contributed by atoms with Gasteiger partial charge in [0, 0.05) is 18.7 Å². The topological polar surface area (TPSA) is 107 Å². The van der Waals surface area contributed by atoms with Crippen LogP contribution < -0.4 is 0 Å². The summed E-state index contributed by atoms with van der Waals surface area (Å²) in [7, 11) is -7.63. The fourth-order valence-electron chi connectivity index (χ4n) is 1.62. The van der Waals surface area contributed by atoms with Gasteiger partial charge >= 0.3 is 6.18 Å². The molecule has 0 aliphatic rings. The van der Waals surface area contributed by atoms with E-state index in [-0.39, 0.29) is 10.6 Å². The highest BCUT2D eigenvalue weighted by atomic mass is 32.2. The van der Waals surface area contributed by atoms with Gasteiger partial charge in [-0.05, 0) is 18.2 Å². The first-order valence-electron chi connectivity index (χ1n) is 6.11. The van der Waals surface area contributed by atoms with E-state index in [0.29, 0.717) is 12.3 Å². The van der Waals surface area contributed by atoms with Crippen molar-refractivity contribution >= 4 is 19.7 Å². The Morgan fingerprint density at radius 2 is 1.54 bits per heavy atom. The van der Waals surface area contributed by atoms with Crippen LogP contribution in [0.4, 0.5) is 13.2 Å². The normalized spacial score (nSPS) is 13.0. The number of halogens is 3. The minimum absolute atomic E-state index is 0.125. The van der Waals surface area contributed by atoms with E-state index >= 15 is 0 Å². The fraction of sp³-hybridized carbons (Fsp3) is 0.250. The molecule has 0 bridgehead atoms. The quantitative estimate of drug-likeness (QED) is 0.739. The zero-order chi connectivity index (χ0) is 18.3. The Balaban J connectivity index is 2.66. The summed E-state index contributed by atoms with van der Waals surface area (Å²) in [6, 6.07) is 2.80. The molecular weight excluding hydrogens is 371 g/mol. The summed E-state index contributed by atoms with van der Waals surface area (Å²) >= 11 is 0. The number of hydrogen-bond donors (Lipinski definition) is 0. The minimum atomic E-state index is -4.89. The lowest BCUT2D eigenvalue weighted by atomic mass is 10.2. The average Bonchev–Trinajstić information content (AvgIpc) is 2.44. The van der Waals surface area contributed by atoms with Crippen LogP contribution in [0, 0.1) is 0 Å². The number of rotatable bonds is 3. The lowest BCUT2D eigenvalue weighted by molar-refractivity contribution is -0.141. The van der Waals surface area contributed by atoms with E-state index < -0.39 is 42.4 Å². The van der Waals surface area contributed by atoms with Gasteiger partial charge in [-0.1, -0.05) is 0 Å². The summed E-state index contributed by atoms with van der Waals surface area (Å²) < 4.78 is 84.4. The number of sulfone groups is 2. The Morgan fingerprint density at radius 3 is 1.96 bits per heavy atom. The summed E-state index contributed by atoms with van der Waals surface area (Å²) in [5.41, 5.74) is -1.96. The third-order valence-electron chi connectivity index (χ3n) is 2.75. The molecule has 0 N–H and O–H groups in total. The van der Waals surface area contributed by atoms with Crippen LogP contribution in [0.1, 0.15) is 5.69 Å². The Bertz CT molecular complexity index is 985. The predicted molar refractivity (Wildman–Crippen MR) is 76.5 cm³/mol. The Labute approximate surface area is 135 Å². The molecule has 0 saturated heterocycles. The van der Waals surface area contributed by atoms with Crippen molar-refractivity contribution in [1.29, 1.82) is 0 Å². The van der Waals surface area contributed by atoms with Crippen molar-refractivity contribution < 1.29 is 30.0 Å². The zero-order valence-corrected chi connectivity index (χ0v) is 13.9. The highest BCUT2D eigenvalue weighted by Gasteiger charge is 2.35. The molecule has 0 aromatic carbocycles. The van der Waals surface area contributed by atoms with Gasteiger partial charge in [0.2, 0.25) is 15.0 Å². The summed E-state index contributed by atoms with van der Waals surface area (Å²) in [6.07, 6.45) is -2.33. The van der Waals surface area contributed by atoms with E-state index in [9.17, 15) is 30.0 Å². The van der Waals surface area contributed by atoms with Crippen LogP contribution in [0.25, 0.3) is 11.4 Å². The minimum Gasteiger partial charge on any atom is -0.253 e. The van der Waals surface area contributed by atoms with Crippen LogP contribution >= 0.6 is 0 Å². The van der Waals surface area contributed by atoms with Crippen LogP contribution in [0.15, 0.2) is 34.4 Å². The molecule has 0 saturated carbocycles. The maximum atomic E-state index is 12.9. The van der Waals surface area contributed by atoms with Gasteiger partial charge in [-0.2, -0.15) is 13.2 Å². The maximum absolute atomic E-state index is 12.9. The van der Waals surface area contributed by atoms with E-state index in [2.05, 4.69) is 15.0 Å². The third-order valence-corrected chi connectivity index (χ3v) is 4.70. The summed E-state index contributed by atoms with van der Waals surface area (Å²) in [6.45, 7) is 0. The second-order valence-corrected chi connectivity index (χ2v) is 8.77. The molecule has 2 heterocycles. The molecule has 130 valence electrons. The summed E-state index contributed by atoms with van der Waals surface area (Å²) in [5, 5.41) is -0.999. The molecule has 0 radical (unpaired) electrons. The molecule has 7 nitrogen and oxygen atoms in total. The van der Waals surface area contributed by atoms with Crippen LogP contribution in [0.2, 0.25) is 0 Å². The van der Waals surface area contributed by atoms with Crippen LogP contribution in [-0.2, 0) is 25.9 Å². The van der Waals surface area contributed by atoms with Crippen LogP contribution in [0.5, 0.6) is 0 Å². The molecule has 24 heavy (non-hydrogen) atoms. The SMILES string of the molecule is CS(=O)(=O)c1ccc(-c2cc(C(F)(F)F)nc(S(C)(=O)=O)n2)nc1. The molecule has 2 aromatic rings. The zero-order valence-electron chi connectivity index (χ0n) is 12.2. The van der Waals surface area contributed by atoms with Crippen molar-refractivity contribution in [3.05, 3.63) is 30.1 Å². The van der Waals surface area contributed by atoms with Crippen molar-refractivity contribution in [1.82, 2.24) is 15.0 Å². The highest BCUT2D eigenvalue weighted by molar-refractivity contribution is 7.90. The number of alkyl halides is 3. The highest BCUT2D eigenvalue weighted by Crippen LogP contribution is 2.30. The molecule has 0 aliphatic carbocycles. The van der Waals surface area contributed by atoms with Crippen molar-refractivity contribution in [2.45, 2.75) is 16.2 Å². The average molecular weight is 381 g/mol. The second kappa shape index (κ2) is 5.77. The largest absolute Gasteiger partial charge is 0.433 e. The van der Waals surface area contributed by atoms with Gasteiger partial charge in [-0.3, -0.25) is 4.98 Å². The van der Waals surface area contributed by atoms with Gasteiger partial charge in [0.1, 0.15) is 5.69 Å². The van der Waals surface area contributed by atoms with Crippen LogP contribution in [0.3, 0.4) is 0 Å². The van der Waals surface area contributed by atoms with E-state index in [4.69, 9.17) is 0 Å². The van der Waals surface area contributed by atoms with Crippen molar-refractivity contribution in [2.24, 2.45) is 0 Å². The first-order valence-corrected chi connectivity index (χ1v) is 9.89. The molecule has 2 rings (SSSR count). The van der Waals surface area contributed by atoms with Crippen molar-refractivity contribution in [3.63, 3.8) is 0 Å². The summed E-state index contributed by atoms with van der Waals surface area (Å²) in [4.78, 5) is 10.2. The number of nitrogens with zero attached hydrogens (tertiary/aromatic N) is 3. The van der Waals surface area contributed by atoms with E-state index in [1.807, 2.05) is 0 Å². The predicted octanol–water partition coefficient (Wildman–Crippen LogP) is 1.36. The number of aromatic nitrogens is 3. The Kier molecular flexibility index (Phi) is 4.39. The monoisotopic (exact) mass is 381 g/mol. The Hall–Kier alpha value is -2.08. The first kappa shape index (κ1) is 18.3. The lowest BCUT2D eigenvalue weighted by Gasteiger charge is -2.09. The molecule has 0 spiro atoms. The van der Waals surface area contributed by atoms with Crippen molar-refractivity contribution in [2.75, 3.05) is 12.5 Å². The first-order chi connectivity index (χ1) is 10.8. The molecule has 0 unspecified atom stereocenters. The van der Waals surface area contributed by atoms with E-state index in [0.717, 1.165) is 24.6 Å². The molecule has 0 atom stereocenters. The molecular formula is C12H10F3N3O4S2. The molecule has 0 fully saturated rings. The third kappa shape index (κ3) is 4.06. The number of hydrogen-bond acceptors (Lipinski definition) is 7. The molecule has 0 amide bonds.